The Morgan fingerprint density at radius 2 is 2.00 bits per heavy atom. The van der Waals surface area contributed by atoms with Gasteiger partial charge in [0.1, 0.15) is 11.3 Å². The van der Waals surface area contributed by atoms with Crippen LogP contribution in [0.15, 0.2) is 0 Å². The van der Waals surface area contributed by atoms with Crippen molar-refractivity contribution in [2.24, 2.45) is 0 Å². The van der Waals surface area contributed by atoms with E-state index in [9.17, 15) is 9.90 Å². The van der Waals surface area contributed by atoms with Gasteiger partial charge in [-0.15, -0.1) is 0 Å². The van der Waals surface area contributed by atoms with Crippen molar-refractivity contribution in [1.82, 2.24) is 4.90 Å². The molecule has 0 radical (unpaired) electrons. The molecule has 15 heavy (non-hydrogen) atoms. The largest absolute Gasteiger partial charge is 0.444 e. The highest BCUT2D eigenvalue weighted by Gasteiger charge is 2.37. The van der Waals surface area contributed by atoms with Crippen LogP contribution in [-0.4, -0.2) is 34.0 Å². The lowest BCUT2D eigenvalue weighted by molar-refractivity contribution is -0.113. The maximum absolute atomic E-state index is 11.8. The molecular formula is C11H21NO3. The maximum Gasteiger partial charge on any atom is 0.412 e. The van der Waals surface area contributed by atoms with Crippen molar-refractivity contribution in [3.63, 3.8) is 0 Å². The fraction of sp³-hybridized carbons (Fsp3) is 0.909. The van der Waals surface area contributed by atoms with Crippen molar-refractivity contribution in [2.45, 2.75) is 58.3 Å². The number of likely N-dealkylation sites (tertiary alicyclic amines) is 1. The van der Waals surface area contributed by atoms with Crippen molar-refractivity contribution in [3.05, 3.63) is 0 Å². The number of hydrogen-bond acceptors (Lipinski definition) is 3. The molecule has 0 aromatic carbocycles. The first-order valence-corrected chi connectivity index (χ1v) is 5.45. The van der Waals surface area contributed by atoms with Gasteiger partial charge in [-0.1, -0.05) is 0 Å². The number of rotatable bonds is 0. The van der Waals surface area contributed by atoms with E-state index in [1.54, 1.807) is 6.92 Å². The Balaban J connectivity index is 2.65. The molecule has 1 aliphatic heterocycles. The van der Waals surface area contributed by atoms with Crippen LogP contribution < -0.4 is 0 Å². The van der Waals surface area contributed by atoms with E-state index in [0.29, 0.717) is 13.0 Å². The number of hydrogen-bond donors (Lipinski definition) is 1. The van der Waals surface area contributed by atoms with Crippen LogP contribution in [0.4, 0.5) is 4.79 Å². The van der Waals surface area contributed by atoms with E-state index in [1.807, 2.05) is 20.8 Å². The molecule has 0 aromatic heterocycles. The summed E-state index contributed by atoms with van der Waals surface area (Å²) in [6, 6.07) is 0. The number of carbonyl (C=O) groups excluding carboxylic acids is 1. The second kappa shape index (κ2) is 4.00. The Morgan fingerprint density at radius 3 is 2.47 bits per heavy atom. The van der Waals surface area contributed by atoms with Gasteiger partial charge in [0.05, 0.1) is 0 Å². The van der Waals surface area contributed by atoms with Gasteiger partial charge in [0.2, 0.25) is 0 Å². The predicted molar refractivity (Wildman–Crippen MR) is 57.4 cm³/mol. The molecule has 0 aromatic rings. The lowest BCUT2D eigenvalue weighted by Crippen LogP contribution is -2.53. The second-order valence-electron chi connectivity index (χ2n) is 5.31. The summed E-state index contributed by atoms with van der Waals surface area (Å²) in [6.07, 6.45) is 2.07. The quantitative estimate of drug-likeness (QED) is 0.673. The topological polar surface area (TPSA) is 49.8 Å². The number of amides is 1. The number of carbonyl (C=O) groups is 1. The minimum absolute atomic E-state index is 0.424. The molecule has 0 bridgehead atoms. The lowest BCUT2D eigenvalue weighted by atomic mass is 10.0. The highest BCUT2D eigenvalue weighted by molar-refractivity contribution is 5.69. The molecule has 1 atom stereocenters. The van der Waals surface area contributed by atoms with Crippen molar-refractivity contribution < 1.29 is 14.6 Å². The Labute approximate surface area is 91.2 Å². The van der Waals surface area contributed by atoms with Gasteiger partial charge in [-0.2, -0.15) is 0 Å². The van der Waals surface area contributed by atoms with E-state index in [1.165, 1.54) is 4.90 Å². The minimum atomic E-state index is -1.05. The summed E-state index contributed by atoms with van der Waals surface area (Å²) in [4.78, 5) is 13.2. The van der Waals surface area contributed by atoms with Crippen LogP contribution in [0.3, 0.4) is 0 Å². The summed E-state index contributed by atoms with van der Waals surface area (Å²) < 4.78 is 5.24. The molecule has 1 N–H and O–H groups in total. The molecule has 88 valence electrons. The highest BCUT2D eigenvalue weighted by Crippen LogP contribution is 2.26. The monoisotopic (exact) mass is 215 g/mol. The first-order chi connectivity index (χ1) is 6.72. The summed E-state index contributed by atoms with van der Waals surface area (Å²) in [7, 11) is 0. The predicted octanol–water partition coefficient (Wildman–Crippen LogP) is 2.12. The molecule has 0 saturated carbocycles. The van der Waals surface area contributed by atoms with Gasteiger partial charge in [0.25, 0.3) is 0 Å². The summed E-state index contributed by atoms with van der Waals surface area (Å²) in [5, 5.41) is 10.0. The molecule has 1 saturated heterocycles. The Morgan fingerprint density at radius 1 is 1.40 bits per heavy atom. The zero-order valence-corrected chi connectivity index (χ0v) is 10.0. The Hall–Kier alpha value is -0.770. The minimum Gasteiger partial charge on any atom is -0.444 e. The van der Waals surface area contributed by atoms with Crippen LogP contribution in [0.5, 0.6) is 0 Å². The highest BCUT2D eigenvalue weighted by atomic mass is 16.6. The third kappa shape index (κ3) is 3.38. The average Bonchev–Trinajstić information content (AvgIpc) is 1.99. The van der Waals surface area contributed by atoms with E-state index in [0.717, 1.165) is 12.8 Å². The molecular weight excluding hydrogens is 194 g/mol. The second-order valence-corrected chi connectivity index (χ2v) is 5.31. The molecule has 4 nitrogen and oxygen atoms in total. The van der Waals surface area contributed by atoms with Crippen LogP contribution in [-0.2, 0) is 4.74 Å². The van der Waals surface area contributed by atoms with Gasteiger partial charge in [0, 0.05) is 6.54 Å². The lowest BCUT2D eigenvalue weighted by Gasteiger charge is -2.41. The fourth-order valence-electron chi connectivity index (χ4n) is 1.71. The van der Waals surface area contributed by atoms with E-state index in [4.69, 9.17) is 4.74 Å². The number of aliphatic hydroxyl groups is 1. The average molecular weight is 215 g/mol. The van der Waals surface area contributed by atoms with E-state index >= 15 is 0 Å². The van der Waals surface area contributed by atoms with Gasteiger partial charge in [-0.05, 0) is 47.0 Å². The van der Waals surface area contributed by atoms with Crippen molar-refractivity contribution in [3.8, 4) is 0 Å². The SMILES string of the molecule is CC(C)(C)OC(=O)N1CCCCC1(C)O. The Kier molecular flexibility index (Phi) is 3.28. The maximum atomic E-state index is 11.8. The normalized spacial score (nSPS) is 27.7. The molecule has 1 aliphatic rings. The number of nitrogens with zero attached hydrogens (tertiary/aromatic N) is 1. The third-order valence-electron chi connectivity index (χ3n) is 2.48. The molecule has 0 spiro atoms. The van der Waals surface area contributed by atoms with E-state index in [-0.39, 0.29) is 0 Å². The van der Waals surface area contributed by atoms with Crippen LogP contribution in [0.2, 0.25) is 0 Å². The molecule has 0 aliphatic carbocycles. The molecule has 1 unspecified atom stereocenters. The van der Waals surface area contributed by atoms with Gasteiger partial charge in [0.15, 0.2) is 0 Å². The summed E-state index contributed by atoms with van der Waals surface area (Å²) in [5.74, 6) is 0. The van der Waals surface area contributed by atoms with Crippen molar-refractivity contribution in [1.29, 1.82) is 0 Å². The molecule has 4 heteroatoms. The summed E-state index contributed by atoms with van der Waals surface area (Å²) in [5.41, 5.74) is -1.56. The van der Waals surface area contributed by atoms with Crippen molar-refractivity contribution in [2.75, 3.05) is 6.54 Å². The smallest absolute Gasteiger partial charge is 0.412 e. The summed E-state index contributed by atoms with van der Waals surface area (Å²) >= 11 is 0. The van der Waals surface area contributed by atoms with Crippen molar-refractivity contribution >= 4 is 6.09 Å². The molecule has 1 amide bonds. The van der Waals surface area contributed by atoms with E-state index < -0.39 is 17.4 Å². The first-order valence-electron chi connectivity index (χ1n) is 5.45. The number of ether oxygens (including phenoxy) is 1. The molecule has 1 rings (SSSR count). The van der Waals surface area contributed by atoms with Crippen LogP contribution in [0.1, 0.15) is 47.0 Å². The molecule has 1 fully saturated rings. The first kappa shape index (κ1) is 12.3. The van der Waals surface area contributed by atoms with Crippen LogP contribution in [0, 0.1) is 0 Å². The molecule has 1 heterocycles. The fourth-order valence-corrected chi connectivity index (χ4v) is 1.71. The Bertz CT molecular complexity index is 243. The van der Waals surface area contributed by atoms with Gasteiger partial charge in [-0.3, -0.25) is 4.90 Å². The van der Waals surface area contributed by atoms with E-state index in [2.05, 4.69) is 0 Å². The van der Waals surface area contributed by atoms with Gasteiger partial charge >= 0.3 is 6.09 Å². The zero-order chi connectivity index (χ0) is 11.7. The number of piperidine rings is 1. The van der Waals surface area contributed by atoms with Gasteiger partial charge < -0.3 is 9.84 Å². The van der Waals surface area contributed by atoms with Crippen LogP contribution in [0.25, 0.3) is 0 Å². The van der Waals surface area contributed by atoms with Gasteiger partial charge in [-0.25, -0.2) is 4.79 Å². The van der Waals surface area contributed by atoms with Crippen LogP contribution >= 0.6 is 0 Å². The third-order valence-corrected chi connectivity index (χ3v) is 2.48. The summed E-state index contributed by atoms with van der Waals surface area (Å²) in [6.45, 7) is 7.70. The zero-order valence-electron chi connectivity index (χ0n) is 10.0. The standard InChI is InChI=1S/C11H21NO3/c1-10(2,3)15-9(13)12-8-6-5-7-11(12,4)14/h14H,5-8H2,1-4H3.